The molecule has 6 nitrogen and oxygen atoms in total. The van der Waals surface area contributed by atoms with Crippen molar-refractivity contribution in [2.75, 3.05) is 13.2 Å². The Morgan fingerprint density at radius 3 is 2.38 bits per heavy atom. The Labute approximate surface area is 156 Å². The fraction of sp³-hybridized carbons (Fsp3) is 0.895. The molecule has 0 N–H and O–H groups in total. The molecular formula is C19H31NO5S. The molecule has 3 aliphatic rings. The summed E-state index contributed by atoms with van der Waals surface area (Å²) >= 11 is 0. The van der Waals surface area contributed by atoms with Gasteiger partial charge in [0.2, 0.25) is 5.91 Å². The molecule has 0 aromatic carbocycles. The number of amides is 1. The summed E-state index contributed by atoms with van der Waals surface area (Å²) in [4.78, 5) is 26.5. The van der Waals surface area contributed by atoms with Gasteiger partial charge >= 0.3 is 5.97 Å². The molecule has 2 atom stereocenters. The number of hydrogen-bond donors (Lipinski definition) is 0. The van der Waals surface area contributed by atoms with Gasteiger partial charge in [0.25, 0.3) is 0 Å². The summed E-state index contributed by atoms with van der Waals surface area (Å²) in [5.41, 5.74) is 0. The maximum Gasteiger partial charge on any atom is 0.324 e. The van der Waals surface area contributed by atoms with Crippen LogP contribution in [-0.4, -0.2) is 54.9 Å². The first-order valence-electron chi connectivity index (χ1n) is 9.99. The van der Waals surface area contributed by atoms with Gasteiger partial charge in [0.15, 0.2) is 15.1 Å². The summed E-state index contributed by atoms with van der Waals surface area (Å²) in [6.07, 6.45) is 6.69. The van der Waals surface area contributed by atoms with Crippen LogP contribution in [0, 0.1) is 11.8 Å². The lowest BCUT2D eigenvalue weighted by Crippen LogP contribution is -2.43. The highest BCUT2D eigenvalue weighted by Gasteiger charge is 2.43. The quantitative estimate of drug-likeness (QED) is 0.628. The maximum absolute atomic E-state index is 13.0. The number of sulfone groups is 1. The van der Waals surface area contributed by atoms with E-state index in [9.17, 15) is 18.0 Å². The van der Waals surface area contributed by atoms with Crippen molar-refractivity contribution in [1.29, 1.82) is 0 Å². The van der Waals surface area contributed by atoms with Gasteiger partial charge in [-0.25, -0.2) is 8.42 Å². The van der Waals surface area contributed by atoms with Gasteiger partial charge in [-0.05, 0) is 31.6 Å². The second-order valence-electron chi connectivity index (χ2n) is 8.49. The molecule has 0 aromatic heterocycles. The van der Waals surface area contributed by atoms with Gasteiger partial charge in [0.1, 0.15) is 0 Å². The van der Waals surface area contributed by atoms with Crippen LogP contribution in [-0.2, 0) is 24.2 Å². The summed E-state index contributed by atoms with van der Waals surface area (Å²) in [5.74, 6) is -0.841. The van der Waals surface area contributed by atoms with E-state index in [1.165, 1.54) is 0 Å². The first-order valence-corrected chi connectivity index (χ1v) is 11.6. The minimum Gasteiger partial charge on any atom is -0.464 e. The number of hydrogen-bond acceptors (Lipinski definition) is 5. The Morgan fingerprint density at radius 2 is 1.81 bits per heavy atom. The average Bonchev–Trinajstić information content (AvgIpc) is 3.36. The molecule has 3 rings (SSSR count). The van der Waals surface area contributed by atoms with Gasteiger partial charge in [-0.1, -0.05) is 33.1 Å². The number of esters is 1. The minimum absolute atomic E-state index is 0.0164. The second kappa shape index (κ2) is 7.87. The molecule has 2 aliphatic carbocycles. The zero-order chi connectivity index (χ0) is 18.9. The van der Waals surface area contributed by atoms with Gasteiger partial charge in [-0.3, -0.25) is 9.59 Å². The third kappa shape index (κ3) is 4.24. The Bertz CT molecular complexity index is 634. The van der Waals surface area contributed by atoms with E-state index in [-0.39, 0.29) is 24.3 Å². The van der Waals surface area contributed by atoms with Gasteiger partial charge in [0.05, 0.1) is 11.9 Å². The van der Waals surface area contributed by atoms with E-state index in [0.29, 0.717) is 31.8 Å². The molecule has 1 heterocycles. The molecule has 0 aromatic rings. The predicted molar refractivity (Wildman–Crippen MR) is 98.2 cm³/mol. The van der Waals surface area contributed by atoms with Crippen LogP contribution in [0.15, 0.2) is 0 Å². The lowest BCUT2D eigenvalue weighted by Gasteiger charge is -2.28. The minimum atomic E-state index is -3.55. The molecule has 0 radical (unpaired) electrons. The Hall–Kier alpha value is -1.11. The van der Waals surface area contributed by atoms with Crippen LogP contribution in [0.2, 0.25) is 0 Å². The third-order valence-electron chi connectivity index (χ3n) is 5.90. The lowest BCUT2D eigenvalue weighted by atomic mass is 10.0. The van der Waals surface area contributed by atoms with Crippen molar-refractivity contribution in [3.8, 4) is 0 Å². The van der Waals surface area contributed by atoms with Crippen molar-refractivity contribution >= 4 is 21.7 Å². The number of rotatable bonds is 7. The molecule has 26 heavy (non-hydrogen) atoms. The summed E-state index contributed by atoms with van der Waals surface area (Å²) in [5, 5.41) is -1.52. The maximum atomic E-state index is 13.0. The zero-order valence-corrected chi connectivity index (χ0v) is 16.7. The average molecular weight is 386 g/mol. The highest BCUT2D eigenvalue weighted by atomic mass is 32.2. The van der Waals surface area contributed by atoms with Gasteiger partial charge in [0, 0.05) is 24.9 Å². The Kier molecular flexibility index (Phi) is 5.94. The molecule has 1 saturated heterocycles. The van der Waals surface area contributed by atoms with Crippen molar-refractivity contribution in [1.82, 2.24) is 4.90 Å². The number of carbonyl (C=O) groups is 2. The van der Waals surface area contributed by atoms with Gasteiger partial charge in [-0.2, -0.15) is 0 Å². The van der Waals surface area contributed by atoms with Crippen LogP contribution in [0.3, 0.4) is 0 Å². The van der Waals surface area contributed by atoms with Crippen LogP contribution in [0.5, 0.6) is 0 Å². The van der Waals surface area contributed by atoms with Crippen molar-refractivity contribution in [2.45, 2.75) is 81.8 Å². The van der Waals surface area contributed by atoms with E-state index >= 15 is 0 Å². The fourth-order valence-corrected chi connectivity index (χ4v) is 6.83. The number of carbonyl (C=O) groups excluding carboxylic acids is 2. The van der Waals surface area contributed by atoms with Crippen LogP contribution in [0.25, 0.3) is 0 Å². The Balaban J connectivity index is 1.59. The summed E-state index contributed by atoms with van der Waals surface area (Å²) < 4.78 is 31.4. The highest BCUT2D eigenvalue weighted by Crippen LogP contribution is 2.33. The van der Waals surface area contributed by atoms with E-state index < -0.39 is 26.3 Å². The van der Waals surface area contributed by atoms with Crippen molar-refractivity contribution < 1.29 is 22.7 Å². The summed E-state index contributed by atoms with van der Waals surface area (Å²) in [6.45, 7) is 4.29. The van der Waals surface area contributed by atoms with E-state index in [0.717, 1.165) is 32.1 Å². The Morgan fingerprint density at radius 1 is 1.15 bits per heavy atom. The van der Waals surface area contributed by atoms with Crippen molar-refractivity contribution in [3.05, 3.63) is 0 Å². The fourth-order valence-electron chi connectivity index (χ4n) is 4.33. The van der Waals surface area contributed by atoms with Gasteiger partial charge in [-0.15, -0.1) is 0 Å². The molecule has 1 aliphatic heterocycles. The van der Waals surface area contributed by atoms with Crippen molar-refractivity contribution in [2.24, 2.45) is 11.8 Å². The second-order valence-corrected chi connectivity index (χ2v) is 10.8. The molecule has 2 saturated carbocycles. The van der Waals surface area contributed by atoms with Crippen LogP contribution >= 0.6 is 0 Å². The smallest absolute Gasteiger partial charge is 0.324 e. The first-order chi connectivity index (χ1) is 12.3. The lowest BCUT2D eigenvalue weighted by molar-refractivity contribution is -0.145. The topological polar surface area (TPSA) is 80.8 Å². The zero-order valence-electron chi connectivity index (χ0n) is 15.9. The molecule has 148 valence electrons. The molecule has 0 spiro atoms. The predicted octanol–water partition coefficient (Wildman–Crippen LogP) is 2.31. The third-order valence-corrected chi connectivity index (χ3v) is 8.74. The monoisotopic (exact) mass is 385 g/mol. The SMILES string of the molecule is CC(C)[C@H](C(=O)OC[C@H]1CC(=O)N(C2CC2)C1)S(=O)(=O)C1CCCCC1. The normalized spacial score (nSPS) is 26.3. The van der Waals surface area contributed by atoms with E-state index in [4.69, 9.17) is 4.74 Å². The largest absolute Gasteiger partial charge is 0.464 e. The van der Waals surface area contributed by atoms with Gasteiger partial charge < -0.3 is 9.64 Å². The molecule has 1 amide bonds. The summed E-state index contributed by atoms with van der Waals surface area (Å²) in [7, 11) is -3.55. The number of ether oxygens (including phenoxy) is 1. The molecule has 7 heteroatoms. The number of nitrogens with zero attached hydrogens (tertiary/aromatic N) is 1. The van der Waals surface area contributed by atoms with Crippen LogP contribution < -0.4 is 0 Å². The van der Waals surface area contributed by atoms with E-state index in [2.05, 4.69) is 0 Å². The molecule has 3 fully saturated rings. The van der Waals surface area contributed by atoms with E-state index in [1.54, 1.807) is 13.8 Å². The first kappa shape index (κ1) is 19.6. The van der Waals surface area contributed by atoms with Crippen molar-refractivity contribution in [3.63, 3.8) is 0 Å². The number of likely N-dealkylation sites (tertiary alicyclic amines) is 1. The summed E-state index contributed by atoms with van der Waals surface area (Å²) in [6, 6.07) is 0.373. The van der Waals surface area contributed by atoms with E-state index in [1.807, 2.05) is 4.90 Å². The molecular weight excluding hydrogens is 354 g/mol. The highest BCUT2D eigenvalue weighted by molar-refractivity contribution is 7.93. The van der Waals surface area contributed by atoms with Crippen LogP contribution in [0.4, 0.5) is 0 Å². The standard InChI is InChI=1S/C19H31NO5S/c1-13(2)18(26(23,24)16-6-4-3-5-7-16)19(22)25-12-14-10-17(21)20(11-14)15-8-9-15/h13-16,18H,3-12H2,1-2H3/t14-,18+/m0/s1. The molecule has 0 bridgehead atoms. The van der Waals surface area contributed by atoms with Crippen LogP contribution in [0.1, 0.15) is 65.2 Å². The molecule has 0 unspecified atom stereocenters.